The van der Waals surface area contributed by atoms with Crippen LogP contribution in [0.5, 0.6) is 5.75 Å². The molecule has 0 aliphatic carbocycles. The fourth-order valence-corrected chi connectivity index (χ4v) is 3.98. The smallest absolute Gasteiger partial charge is 0.330 e. The summed E-state index contributed by atoms with van der Waals surface area (Å²) < 4.78 is 9.00. The van der Waals surface area contributed by atoms with E-state index in [1.54, 1.807) is 10.6 Å². The molecule has 184 valence electrons. The molecule has 2 heterocycles. The minimum Gasteiger partial charge on any atom is -0.492 e. The largest absolute Gasteiger partial charge is 0.492 e. The van der Waals surface area contributed by atoms with Gasteiger partial charge in [-0.1, -0.05) is 45.2 Å². The van der Waals surface area contributed by atoms with E-state index in [4.69, 9.17) is 9.72 Å². The van der Waals surface area contributed by atoms with Gasteiger partial charge in [0.05, 0.1) is 12.3 Å². The average Bonchev–Trinajstić information content (AvgIpc) is 3.18. The summed E-state index contributed by atoms with van der Waals surface area (Å²) in [4.78, 5) is 45.1. The fraction of sp³-hybridized carbons (Fsp3) is 0.520. The molecule has 0 fully saturated rings. The van der Waals surface area contributed by atoms with Crippen LogP contribution >= 0.6 is 0 Å². The number of aromatic amines is 1. The van der Waals surface area contributed by atoms with Crippen LogP contribution in [0.3, 0.4) is 0 Å². The summed E-state index contributed by atoms with van der Waals surface area (Å²) in [6.07, 6.45) is 5.21. The molecule has 0 saturated heterocycles. The summed E-state index contributed by atoms with van der Waals surface area (Å²) in [6, 6.07) is 7.31. The molecular formula is C25H35N5O4. The second-order valence-electron chi connectivity index (χ2n) is 8.30. The van der Waals surface area contributed by atoms with Gasteiger partial charge in [0, 0.05) is 25.9 Å². The number of anilines is 1. The number of nitrogens with one attached hydrogen (secondary N) is 2. The molecule has 0 aliphatic rings. The first kappa shape index (κ1) is 25.3. The molecule has 0 aliphatic heterocycles. The van der Waals surface area contributed by atoms with Gasteiger partial charge in [-0.25, -0.2) is 9.78 Å². The van der Waals surface area contributed by atoms with Crippen molar-refractivity contribution in [1.82, 2.24) is 19.1 Å². The van der Waals surface area contributed by atoms with Crippen LogP contribution < -0.4 is 21.3 Å². The van der Waals surface area contributed by atoms with E-state index in [1.165, 1.54) is 0 Å². The van der Waals surface area contributed by atoms with Crippen molar-refractivity contribution in [2.24, 2.45) is 0 Å². The number of fused-ring (bicyclic) bond motifs is 1. The van der Waals surface area contributed by atoms with Crippen LogP contribution in [-0.2, 0) is 24.3 Å². The first-order valence-corrected chi connectivity index (χ1v) is 12.2. The lowest BCUT2D eigenvalue weighted by atomic mass is 10.2. The molecule has 0 radical (unpaired) electrons. The Morgan fingerprint density at radius 2 is 1.76 bits per heavy atom. The van der Waals surface area contributed by atoms with Gasteiger partial charge < -0.3 is 14.6 Å². The van der Waals surface area contributed by atoms with Gasteiger partial charge >= 0.3 is 5.69 Å². The lowest BCUT2D eigenvalue weighted by molar-refractivity contribution is -0.116. The zero-order valence-corrected chi connectivity index (χ0v) is 20.4. The molecule has 2 aromatic heterocycles. The number of unbranched alkanes of at least 4 members (excludes halogenated alkanes) is 3. The van der Waals surface area contributed by atoms with Crippen LogP contribution in [0, 0.1) is 0 Å². The minimum atomic E-state index is -0.444. The molecule has 0 unspecified atom stereocenters. The molecule has 3 aromatic rings. The van der Waals surface area contributed by atoms with E-state index in [9.17, 15) is 14.4 Å². The molecule has 0 spiro atoms. The van der Waals surface area contributed by atoms with Crippen molar-refractivity contribution >= 4 is 22.8 Å². The number of hydrogen-bond acceptors (Lipinski definition) is 5. The topological polar surface area (TPSA) is 111 Å². The van der Waals surface area contributed by atoms with Gasteiger partial charge in [-0.15, -0.1) is 0 Å². The van der Waals surface area contributed by atoms with Crippen LogP contribution in [0.15, 0.2) is 33.9 Å². The Morgan fingerprint density at radius 1 is 1.03 bits per heavy atom. The third-order valence-electron chi connectivity index (χ3n) is 5.72. The Balaban J connectivity index is 1.89. The van der Waals surface area contributed by atoms with Gasteiger partial charge in [-0.2, -0.15) is 0 Å². The highest BCUT2D eigenvalue weighted by Crippen LogP contribution is 2.24. The highest BCUT2D eigenvalue weighted by atomic mass is 16.5. The lowest BCUT2D eigenvalue weighted by Gasteiger charge is -2.12. The molecule has 1 amide bonds. The summed E-state index contributed by atoms with van der Waals surface area (Å²) >= 11 is 0. The molecular weight excluding hydrogens is 434 g/mol. The van der Waals surface area contributed by atoms with Gasteiger partial charge in [0.1, 0.15) is 11.6 Å². The molecule has 34 heavy (non-hydrogen) atoms. The number of amides is 1. The number of benzene rings is 1. The maximum Gasteiger partial charge on any atom is 0.330 e. The molecule has 0 saturated carbocycles. The van der Waals surface area contributed by atoms with Gasteiger partial charge in [-0.3, -0.25) is 19.1 Å². The standard InChI is InChI=1S/C25H35N5O4/c1-4-7-11-17-29-20(14-15-21(31)26-18-12-9-10-13-19(18)34-6-3)27-23-22(29)24(32)28-25(33)30(23)16-8-5-2/h9-10,12-13H,4-8,11,14-17H2,1-3H3,(H,26,31)(H,28,32,33). The van der Waals surface area contributed by atoms with E-state index in [2.05, 4.69) is 17.2 Å². The van der Waals surface area contributed by atoms with Gasteiger partial charge in [0.15, 0.2) is 11.2 Å². The molecule has 9 nitrogen and oxygen atoms in total. The SMILES string of the molecule is CCCCCn1c(CCC(=O)Nc2ccccc2OCC)nc2c1c(=O)[nH]c(=O)n2CCCC. The second-order valence-corrected chi connectivity index (χ2v) is 8.30. The molecule has 0 atom stereocenters. The number of H-pyrrole nitrogens is 1. The van der Waals surface area contributed by atoms with E-state index >= 15 is 0 Å². The third kappa shape index (κ3) is 5.95. The summed E-state index contributed by atoms with van der Waals surface area (Å²) in [5, 5.41) is 2.91. The van der Waals surface area contributed by atoms with Crippen molar-refractivity contribution in [3.63, 3.8) is 0 Å². The summed E-state index contributed by atoms with van der Waals surface area (Å²) in [6.45, 7) is 7.66. The van der Waals surface area contributed by atoms with E-state index in [-0.39, 0.29) is 12.3 Å². The van der Waals surface area contributed by atoms with E-state index in [0.717, 1.165) is 32.1 Å². The Bertz CT molecular complexity index is 1220. The van der Waals surface area contributed by atoms with Crippen LogP contribution in [-0.4, -0.2) is 31.6 Å². The number of carbonyl (C=O) groups is 1. The van der Waals surface area contributed by atoms with E-state index in [1.807, 2.05) is 36.6 Å². The van der Waals surface area contributed by atoms with Crippen molar-refractivity contribution < 1.29 is 9.53 Å². The van der Waals surface area contributed by atoms with Crippen LogP contribution in [0.25, 0.3) is 11.2 Å². The summed E-state index contributed by atoms with van der Waals surface area (Å²) in [5.41, 5.74) is 0.550. The second kappa shape index (κ2) is 12.2. The first-order valence-electron chi connectivity index (χ1n) is 12.2. The van der Waals surface area contributed by atoms with Crippen LogP contribution in [0.1, 0.15) is 65.1 Å². The maximum atomic E-state index is 12.7. The number of aryl methyl sites for hydroxylation is 3. The van der Waals surface area contributed by atoms with E-state index < -0.39 is 11.2 Å². The van der Waals surface area contributed by atoms with Gasteiger partial charge in [-0.05, 0) is 31.9 Å². The Kier molecular flexibility index (Phi) is 9.07. The summed E-state index contributed by atoms with van der Waals surface area (Å²) in [5.74, 6) is 1.09. The highest BCUT2D eigenvalue weighted by molar-refractivity contribution is 5.92. The number of ether oxygens (including phenoxy) is 1. The van der Waals surface area contributed by atoms with Crippen LogP contribution in [0.2, 0.25) is 0 Å². The Labute approximate surface area is 199 Å². The van der Waals surface area contributed by atoms with Crippen molar-refractivity contribution in [1.29, 1.82) is 0 Å². The van der Waals surface area contributed by atoms with Crippen molar-refractivity contribution in [3.05, 3.63) is 50.9 Å². The number of aromatic nitrogens is 4. The van der Waals surface area contributed by atoms with Crippen LogP contribution in [0.4, 0.5) is 5.69 Å². The Morgan fingerprint density at radius 3 is 2.50 bits per heavy atom. The monoisotopic (exact) mass is 469 g/mol. The number of imidazole rings is 1. The predicted molar refractivity (Wildman–Crippen MR) is 134 cm³/mol. The molecule has 0 bridgehead atoms. The number of carbonyl (C=O) groups excluding carboxylic acids is 1. The molecule has 3 rings (SSSR count). The summed E-state index contributed by atoms with van der Waals surface area (Å²) in [7, 11) is 0. The Hall–Kier alpha value is -3.36. The third-order valence-corrected chi connectivity index (χ3v) is 5.72. The number of rotatable bonds is 13. The van der Waals surface area contributed by atoms with Crippen molar-refractivity contribution in [2.45, 2.75) is 78.8 Å². The number of nitrogens with zero attached hydrogens (tertiary/aromatic N) is 3. The average molecular weight is 470 g/mol. The quantitative estimate of drug-likeness (QED) is 0.370. The number of para-hydroxylation sites is 2. The van der Waals surface area contributed by atoms with Crippen molar-refractivity contribution in [2.75, 3.05) is 11.9 Å². The normalized spacial score (nSPS) is 11.1. The molecule has 1 aromatic carbocycles. The zero-order valence-electron chi connectivity index (χ0n) is 20.4. The number of hydrogen-bond donors (Lipinski definition) is 2. The molecule has 2 N–H and O–H groups in total. The first-order chi connectivity index (χ1) is 16.5. The van der Waals surface area contributed by atoms with E-state index in [0.29, 0.717) is 54.5 Å². The fourth-order valence-electron chi connectivity index (χ4n) is 3.98. The molecule has 9 heteroatoms. The highest BCUT2D eigenvalue weighted by Gasteiger charge is 2.19. The lowest BCUT2D eigenvalue weighted by Crippen LogP contribution is -2.31. The van der Waals surface area contributed by atoms with Gasteiger partial charge in [0.2, 0.25) is 5.91 Å². The zero-order chi connectivity index (χ0) is 24.5. The maximum absolute atomic E-state index is 12.7. The minimum absolute atomic E-state index is 0.170. The predicted octanol–water partition coefficient (Wildman–Crippen LogP) is 3.85. The van der Waals surface area contributed by atoms with Gasteiger partial charge in [0.25, 0.3) is 5.56 Å². The van der Waals surface area contributed by atoms with Crippen molar-refractivity contribution in [3.8, 4) is 5.75 Å².